The van der Waals surface area contributed by atoms with Crippen LogP contribution in [0, 0.1) is 11.3 Å². The van der Waals surface area contributed by atoms with E-state index in [1.54, 1.807) is 0 Å². The lowest BCUT2D eigenvalue weighted by Crippen LogP contribution is -2.33. The zero-order chi connectivity index (χ0) is 14.1. The van der Waals surface area contributed by atoms with E-state index in [0.29, 0.717) is 5.92 Å². The van der Waals surface area contributed by atoms with Crippen LogP contribution in [0.25, 0.3) is 11.0 Å². The van der Waals surface area contributed by atoms with Crippen molar-refractivity contribution in [2.45, 2.75) is 39.5 Å². The number of imidazole rings is 1. The van der Waals surface area contributed by atoms with Crippen LogP contribution in [-0.2, 0) is 11.4 Å². The highest BCUT2D eigenvalue weighted by Crippen LogP contribution is 2.49. The van der Waals surface area contributed by atoms with Crippen molar-refractivity contribution in [1.29, 1.82) is 0 Å². The fraction of sp³-hybridized carbons (Fsp3) is 0.562. The van der Waals surface area contributed by atoms with E-state index in [1.807, 2.05) is 12.1 Å². The van der Waals surface area contributed by atoms with Gasteiger partial charge in [-0.05, 0) is 17.5 Å². The SMILES string of the molecule is CN1O[C@H](C(C)(C)C)[C@@H]2Cn3c(nc4ccccc43)[C@@H]21. The molecule has 0 unspecified atom stereocenters. The van der Waals surface area contributed by atoms with Crippen molar-refractivity contribution in [1.82, 2.24) is 14.6 Å². The molecular formula is C16H21N3O. The van der Waals surface area contributed by atoms with E-state index >= 15 is 0 Å². The first kappa shape index (κ1) is 12.4. The molecule has 0 radical (unpaired) electrons. The van der Waals surface area contributed by atoms with Gasteiger partial charge in [0.05, 0.1) is 17.1 Å². The molecule has 3 heterocycles. The van der Waals surface area contributed by atoms with Crippen molar-refractivity contribution >= 4 is 11.0 Å². The minimum Gasteiger partial charge on any atom is -0.326 e. The molecule has 0 spiro atoms. The third-order valence-corrected chi connectivity index (χ3v) is 4.66. The van der Waals surface area contributed by atoms with E-state index in [1.165, 1.54) is 5.52 Å². The number of para-hydroxylation sites is 2. The fourth-order valence-corrected chi connectivity index (χ4v) is 3.83. The van der Waals surface area contributed by atoms with Gasteiger partial charge in [-0.1, -0.05) is 32.9 Å². The largest absolute Gasteiger partial charge is 0.326 e. The highest BCUT2D eigenvalue weighted by molar-refractivity contribution is 5.76. The first-order chi connectivity index (χ1) is 9.47. The molecule has 1 aromatic heterocycles. The van der Waals surface area contributed by atoms with Crippen LogP contribution < -0.4 is 0 Å². The topological polar surface area (TPSA) is 30.3 Å². The summed E-state index contributed by atoms with van der Waals surface area (Å²) < 4.78 is 2.38. The number of hydrogen-bond donors (Lipinski definition) is 0. The first-order valence-electron chi connectivity index (χ1n) is 7.31. The summed E-state index contributed by atoms with van der Waals surface area (Å²) in [6, 6.07) is 8.68. The van der Waals surface area contributed by atoms with Crippen LogP contribution in [-0.4, -0.2) is 27.8 Å². The summed E-state index contributed by atoms with van der Waals surface area (Å²) >= 11 is 0. The molecule has 4 heteroatoms. The Labute approximate surface area is 119 Å². The maximum Gasteiger partial charge on any atom is 0.130 e. The summed E-state index contributed by atoms with van der Waals surface area (Å²) in [6.45, 7) is 7.78. The van der Waals surface area contributed by atoms with Crippen LogP contribution >= 0.6 is 0 Å². The highest BCUT2D eigenvalue weighted by Gasteiger charge is 2.52. The molecule has 1 fully saturated rings. The summed E-state index contributed by atoms with van der Waals surface area (Å²) in [5.41, 5.74) is 2.49. The van der Waals surface area contributed by atoms with Crippen molar-refractivity contribution in [2.75, 3.05) is 7.05 Å². The molecule has 4 nitrogen and oxygen atoms in total. The lowest BCUT2D eigenvalue weighted by molar-refractivity contribution is -0.173. The van der Waals surface area contributed by atoms with Gasteiger partial charge in [0, 0.05) is 19.5 Å². The minimum atomic E-state index is 0.146. The van der Waals surface area contributed by atoms with Gasteiger partial charge in [-0.15, -0.1) is 0 Å². The van der Waals surface area contributed by atoms with E-state index in [0.717, 1.165) is 17.9 Å². The second-order valence-electron chi connectivity index (χ2n) is 7.12. The normalized spacial score (nSPS) is 29.9. The number of hydroxylamine groups is 2. The van der Waals surface area contributed by atoms with Crippen molar-refractivity contribution < 1.29 is 4.84 Å². The van der Waals surface area contributed by atoms with Crippen molar-refractivity contribution in [3.05, 3.63) is 30.1 Å². The predicted molar refractivity (Wildman–Crippen MR) is 78.1 cm³/mol. The molecule has 1 saturated heterocycles. The second kappa shape index (κ2) is 3.83. The number of aromatic nitrogens is 2. The Hall–Kier alpha value is -1.39. The molecule has 0 aliphatic carbocycles. The Morgan fingerprint density at radius 1 is 1.25 bits per heavy atom. The van der Waals surface area contributed by atoms with Crippen molar-refractivity contribution in [2.24, 2.45) is 11.3 Å². The van der Waals surface area contributed by atoms with E-state index in [2.05, 4.69) is 49.6 Å². The zero-order valence-corrected chi connectivity index (χ0v) is 12.5. The lowest BCUT2D eigenvalue weighted by atomic mass is 9.80. The summed E-state index contributed by atoms with van der Waals surface area (Å²) in [7, 11) is 2.04. The molecule has 106 valence electrons. The van der Waals surface area contributed by atoms with Crippen LogP contribution in [0.1, 0.15) is 32.6 Å². The maximum atomic E-state index is 6.13. The number of nitrogens with zero attached hydrogens (tertiary/aromatic N) is 3. The number of benzene rings is 1. The van der Waals surface area contributed by atoms with Crippen molar-refractivity contribution in [3.63, 3.8) is 0 Å². The molecule has 2 aromatic rings. The molecule has 0 saturated carbocycles. The summed E-state index contributed by atoms with van der Waals surface area (Å²) in [5, 5.41) is 2.02. The molecule has 20 heavy (non-hydrogen) atoms. The van der Waals surface area contributed by atoms with Crippen LogP contribution in [0.3, 0.4) is 0 Å². The third kappa shape index (κ3) is 1.52. The molecular weight excluding hydrogens is 250 g/mol. The van der Waals surface area contributed by atoms with Gasteiger partial charge < -0.3 is 4.57 Å². The predicted octanol–water partition coefficient (Wildman–Crippen LogP) is 3.00. The molecule has 4 rings (SSSR count). The molecule has 2 aliphatic heterocycles. The zero-order valence-electron chi connectivity index (χ0n) is 12.5. The van der Waals surface area contributed by atoms with Gasteiger partial charge in [0.2, 0.25) is 0 Å². The van der Waals surface area contributed by atoms with E-state index < -0.39 is 0 Å². The van der Waals surface area contributed by atoms with E-state index in [-0.39, 0.29) is 17.6 Å². The quantitative estimate of drug-likeness (QED) is 0.738. The summed E-state index contributed by atoms with van der Waals surface area (Å²) in [6.07, 6.45) is 0.248. The van der Waals surface area contributed by atoms with Gasteiger partial charge in [0.25, 0.3) is 0 Å². The molecule has 3 atom stereocenters. The fourth-order valence-electron chi connectivity index (χ4n) is 3.83. The number of hydrogen-bond acceptors (Lipinski definition) is 3. The Kier molecular flexibility index (Phi) is 2.37. The van der Waals surface area contributed by atoms with E-state index in [9.17, 15) is 0 Å². The molecule has 0 N–H and O–H groups in total. The van der Waals surface area contributed by atoms with Gasteiger partial charge in [-0.3, -0.25) is 4.84 Å². The Morgan fingerprint density at radius 2 is 2.00 bits per heavy atom. The molecule has 0 amide bonds. The monoisotopic (exact) mass is 271 g/mol. The van der Waals surface area contributed by atoms with Gasteiger partial charge in [-0.2, -0.15) is 5.06 Å². The smallest absolute Gasteiger partial charge is 0.130 e. The van der Waals surface area contributed by atoms with Gasteiger partial charge in [0.1, 0.15) is 11.9 Å². The Bertz CT molecular complexity index is 670. The van der Waals surface area contributed by atoms with Gasteiger partial charge in [-0.25, -0.2) is 4.98 Å². The average molecular weight is 271 g/mol. The minimum absolute atomic E-state index is 0.146. The van der Waals surface area contributed by atoms with Gasteiger partial charge >= 0.3 is 0 Å². The van der Waals surface area contributed by atoms with Crippen LogP contribution in [0.2, 0.25) is 0 Å². The van der Waals surface area contributed by atoms with E-state index in [4.69, 9.17) is 9.82 Å². The standard InChI is InChI=1S/C16H21N3O/c1-16(2,3)14-10-9-19-12-8-6-5-7-11(12)17-15(19)13(10)18(4)20-14/h5-8,10,13-14H,9H2,1-4H3/t10-,13-,14+/m1/s1. The van der Waals surface area contributed by atoms with Crippen LogP contribution in [0.4, 0.5) is 0 Å². The Balaban J connectivity index is 1.82. The van der Waals surface area contributed by atoms with Crippen LogP contribution in [0.15, 0.2) is 24.3 Å². The molecule has 0 bridgehead atoms. The second-order valence-corrected chi connectivity index (χ2v) is 7.12. The average Bonchev–Trinajstić information content (AvgIpc) is 2.98. The first-order valence-corrected chi connectivity index (χ1v) is 7.31. The number of rotatable bonds is 0. The maximum absolute atomic E-state index is 6.13. The lowest BCUT2D eigenvalue weighted by Gasteiger charge is -2.29. The molecule has 1 aromatic carbocycles. The third-order valence-electron chi connectivity index (χ3n) is 4.66. The van der Waals surface area contributed by atoms with Crippen molar-refractivity contribution in [3.8, 4) is 0 Å². The summed E-state index contributed by atoms with van der Waals surface area (Å²) in [4.78, 5) is 11.0. The van der Waals surface area contributed by atoms with Crippen LogP contribution in [0.5, 0.6) is 0 Å². The Morgan fingerprint density at radius 3 is 2.75 bits per heavy atom. The highest BCUT2D eigenvalue weighted by atomic mass is 16.7. The molecule has 2 aliphatic rings. The van der Waals surface area contributed by atoms with Gasteiger partial charge in [0.15, 0.2) is 0 Å². The summed E-state index contributed by atoms with van der Waals surface area (Å²) in [5.74, 6) is 1.65. The number of fused-ring (bicyclic) bond motifs is 5.